The van der Waals surface area contributed by atoms with Gasteiger partial charge in [0.2, 0.25) is 5.88 Å². The van der Waals surface area contributed by atoms with E-state index in [1.807, 2.05) is 6.92 Å². The lowest BCUT2D eigenvalue weighted by Gasteiger charge is -2.29. The van der Waals surface area contributed by atoms with Crippen molar-refractivity contribution in [2.75, 3.05) is 21.3 Å². The Balaban J connectivity index is 2.39. The Morgan fingerprint density at radius 1 is 1.23 bits per heavy atom. The molecule has 8 nitrogen and oxygen atoms in total. The number of hydrogen-bond donors (Lipinski definition) is 1. The van der Waals surface area contributed by atoms with Crippen LogP contribution >= 0.6 is 11.6 Å². The number of methoxy groups -OCH3 is 3. The van der Waals surface area contributed by atoms with Crippen LogP contribution in [0.1, 0.15) is 29.7 Å². The molecular formula is C21H23ClN2O6. The Hall–Kier alpha value is -3.13. The van der Waals surface area contributed by atoms with Crippen molar-refractivity contribution in [1.29, 1.82) is 0 Å². The van der Waals surface area contributed by atoms with Crippen LogP contribution in [-0.4, -0.2) is 31.9 Å². The van der Waals surface area contributed by atoms with E-state index in [1.165, 1.54) is 21.3 Å². The van der Waals surface area contributed by atoms with Gasteiger partial charge in [-0.15, -0.1) is 0 Å². The molecule has 1 aliphatic rings. The molecule has 2 aromatic rings. The zero-order valence-electron chi connectivity index (χ0n) is 17.4. The summed E-state index contributed by atoms with van der Waals surface area (Å²) in [5, 5.41) is 0.255. The lowest BCUT2D eigenvalue weighted by molar-refractivity contribution is -0.136. The second kappa shape index (κ2) is 8.31. The molecule has 1 atom stereocenters. The number of pyridine rings is 1. The average molecular weight is 435 g/mol. The van der Waals surface area contributed by atoms with Gasteiger partial charge in [-0.3, -0.25) is 4.79 Å². The van der Waals surface area contributed by atoms with Crippen molar-refractivity contribution in [2.24, 2.45) is 5.73 Å². The summed E-state index contributed by atoms with van der Waals surface area (Å²) in [4.78, 5) is 26.0. The Kier molecular flexibility index (Phi) is 5.98. The molecule has 1 aliphatic heterocycles. The van der Waals surface area contributed by atoms with E-state index in [0.29, 0.717) is 29.3 Å². The molecule has 0 aliphatic carbocycles. The van der Waals surface area contributed by atoms with Crippen LogP contribution in [0, 0.1) is 6.92 Å². The van der Waals surface area contributed by atoms with Gasteiger partial charge in [0.1, 0.15) is 11.3 Å². The van der Waals surface area contributed by atoms with Gasteiger partial charge in [0.05, 0.1) is 37.8 Å². The normalized spacial score (nSPS) is 15.3. The molecule has 0 unspecified atom stereocenters. The van der Waals surface area contributed by atoms with Gasteiger partial charge in [0.25, 0.3) is 5.56 Å². The molecule has 1 aromatic heterocycles. The summed E-state index contributed by atoms with van der Waals surface area (Å²) in [7, 11) is 4.17. The van der Waals surface area contributed by atoms with E-state index < -0.39 is 11.9 Å². The van der Waals surface area contributed by atoms with Crippen molar-refractivity contribution in [2.45, 2.75) is 26.3 Å². The molecule has 0 fully saturated rings. The summed E-state index contributed by atoms with van der Waals surface area (Å²) in [6.07, 6.45) is 0. The van der Waals surface area contributed by atoms with Crippen molar-refractivity contribution in [3.05, 3.63) is 61.9 Å². The molecule has 160 valence electrons. The number of fused-ring (bicyclic) bond motifs is 1. The van der Waals surface area contributed by atoms with Gasteiger partial charge in [-0.25, -0.2) is 4.79 Å². The molecule has 2 N–H and O–H groups in total. The fourth-order valence-corrected chi connectivity index (χ4v) is 4.02. The van der Waals surface area contributed by atoms with E-state index >= 15 is 0 Å². The lowest BCUT2D eigenvalue weighted by Crippen LogP contribution is -2.34. The van der Waals surface area contributed by atoms with E-state index in [1.54, 1.807) is 29.7 Å². The maximum Gasteiger partial charge on any atom is 0.340 e. The molecule has 0 radical (unpaired) electrons. The van der Waals surface area contributed by atoms with E-state index in [0.717, 1.165) is 0 Å². The highest BCUT2D eigenvalue weighted by molar-refractivity contribution is 6.32. The van der Waals surface area contributed by atoms with Crippen LogP contribution < -0.4 is 25.5 Å². The number of rotatable bonds is 5. The maximum absolute atomic E-state index is 13.4. The summed E-state index contributed by atoms with van der Waals surface area (Å²) in [6.45, 7) is 4.11. The predicted octanol–water partition coefficient (Wildman–Crippen LogP) is 2.71. The Labute approximate surface area is 178 Å². The summed E-state index contributed by atoms with van der Waals surface area (Å²) >= 11 is 6.40. The van der Waals surface area contributed by atoms with Crippen LogP contribution in [0.2, 0.25) is 5.02 Å². The van der Waals surface area contributed by atoms with Crippen molar-refractivity contribution in [3.63, 3.8) is 0 Å². The highest BCUT2D eigenvalue weighted by Crippen LogP contribution is 2.45. The zero-order valence-corrected chi connectivity index (χ0v) is 18.1. The molecule has 3 rings (SSSR count). The molecule has 30 heavy (non-hydrogen) atoms. The van der Waals surface area contributed by atoms with Crippen LogP contribution in [0.5, 0.6) is 17.2 Å². The van der Waals surface area contributed by atoms with Gasteiger partial charge in [0.15, 0.2) is 11.5 Å². The number of nitrogens with two attached hydrogens (primary N) is 1. The second-order valence-corrected chi connectivity index (χ2v) is 7.06. The minimum absolute atomic E-state index is 0.0110. The number of benzene rings is 1. The molecule has 2 heterocycles. The number of esters is 1. The van der Waals surface area contributed by atoms with Crippen LogP contribution in [0.25, 0.3) is 0 Å². The first-order valence-electron chi connectivity index (χ1n) is 9.20. The highest BCUT2D eigenvalue weighted by atomic mass is 35.5. The molecule has 0 amide bonds. The third kappa shape index (κ3) is 3.37. The van der Waals surface area contributed by atoms with Gasteiger partial charge < -0.3 is 29.2 Å². The first-order chi connectivity index (χ1) is 14.3. The van der Waals surface area contributed by atoms with Crippen molar-refractivity contribution >= 4 is 17.6 Å². The molecule has 9 heteroatoms. The van der Waals surface area contributed by atoms with Gasteiger partial charge in [-0.1, -0.05) is 11.6 Å². The summed E-state index contributed by atoms with van der Waals surface area (Å²) in [6, 6.07) is 4.97. The van der Waals surface area contributed by atoms with E-state index in [2.05, 4.69) is 0 Å². The minimum atomic E-state index is -0.871. The van der Waals surface area contributed by atoms with Crippen molar-refractivity contribution in [1.82, 2.24) is 4.57 Å². The third-order valence-electron chi connectivity index (χ3n) is 5.08. The largest absolute Gasteiger partial charge is 0.493 e. The molecule has 0 bridgehead atoms. The third-order valence-corrected chi connectivity index (χ3v) is 5.36. The second-order valence-electron chi connectivity index (χ2n) is 6.66. The van der Waals surface area contributed by atoms with Gasteiger partial charge >= 0.3 is 5.97 Å². The van der Waals surface area contributed by atoms with Gasteiger partial charge in [0, 0.05) is 18.3 Å². The zero-order chi connectivity index (χ0) is 22.2. The minimum Gasteiger partial charge on any atom is -0.493 e. The SMILES string of the molecule is CCn1c(C)cc2c(c1=O)[C@@H](c1cc(Cl)c(OC)c(OC)c1)C(C(=O)OC)=C(N)O2. The highest BCUT2D eigenvalue weighted by Gasteiger charge is 2.38. The Bertz CT molecular complexity index is 1110. The van der Waals surface area contributed by atoms with Crippen LogP contribution in [0.4, 0.5) is 0 Å². The smallest absolute Gasteiger partial charge is 0.340 e. The summed E-state index contributed by atoms with van der Waals surface area (Å²) in [5.41, 5.74) is 7.29. The fraction of sp³-hybridized carbons (Fsp3) is 0.333. The Morgan fingerprint density at radius 2 is 1.93 bits per heavy atom. The molecule has 0 spiro atoms. The number of aromatic nitrogens is 1. The number of halogens is 1. The van der Waals surface area contributed by atoms with Crippen LogP contribution in [0.3, 0.4) is 0 Å². The van der Waals surface area contributed by atoms with Crippen LogP contribution in [-0.2, 0) is 16.1 Å². The lowest BCUT2D eigenvalue weighted by atomic mass is 9.83. The standard InChI is InChI=1S/C21H23ClN2O6/c1-6-24-10(2)7-13-16(20(24)25)15(17(19(23)30-13)21(26)29-5)11-8-12(22)18(28-4)14(9-11)27-3/h7-9,15H,6,23H2,1-5H3/t15-/m1/s1. The van der Waals surface area contributed by atoms with Gasteiger partial charge in [-0.05, 0) is 31.5 Å². The monoisotopic (exact) mass is 434 g/mol. The first kappa shape index (κ1) is 21.6. The van der Waals surface area contributed by atoms with E-state index in [-0.39, 0.29) is 33.4 Å². The van der Waals surface area contributed by atoms with Crippen molar-refractivity contribution in [3.8, 4) is 17.2 Å². The number of aryl methyl sites for hydroxylation is 1. The quantitative estimate of drug-likeness (QED) is 0.722. The van der Waals surface area contributed by atoms with Crippen molar-refractivity contribution < 1.29 is 23.7 Å². The number of hydrogen-bond acceptors (Lipinski definition) is 7. The molecule has 0 saturated carbocycles. The number of carbonyl (C=O) groups is 1. The summed E-state index contributed by atoms with van der Waals surface area (Å²) in [5.74, 6) is -0.761. The van der Waals surface area contributed by atoms with E-state index in [9.17, 15) is 9.59 Å². The molecule has 0 saturated heterocycles. The average Bonchev–Trinajstić information content (AvgIpc) is 2.71. The van der Waals surface area contributed by atoms with Crippen LogP contribution in [0.15, 0.2) is 34.4 Å². The van der Waals surface area contributed by atoms with Gasteiger partial charge in [-0.2, -0.15) is 0 Å². The molecular weight excluding hydrogens is 412 g/mol. The Morgan fingerprint density at radius 3 is 2.50 bits per heavy atom. The topological polar surface area (TPSA) is 102 Å². The number of ether oxygens (including phenoxy) is 4. The fourth-order valence-electron chi connectivity index (χ4n) is 3.73. The first-order valence-corrected chi connectivity index (χ1v) is 9.58. The number of carbonyl (C=O) groups excluding carboxylic acids is 1. The van der Waals surface area contributed by atoms with E-state index in [4.69, 9.17) is 36.3 Å². The number of nitrogens with zero attached hydrogens (tertiary/aromatic N) is 1. The summed E-state index contributed by atoms with van der Waals surface area (Å²) < 4.78 is 22.9. The molecule has 1 aromatic carbocycles. The maximum atomic E-state index is 13.4. The predicted molar refractivity (Wildman–Crippen MR) is 111 cm³/mol.